The summed E-state index contributed by atoms with van der Waals surface area (Å²) >= 11 is 0. The number of carbonyl (C=O) groups excluding carboxylic acids is 1. The highest BCUT2D eigenvalue weighted by molar-refractivity contribution is 5.78. The number of Topliss-reactive ketones (excluding diaryl/α,β-unsaturated/α-hetero) is 1. The second-order valence-electron chi connectivity index (χ2n) is 8.12. The molecule has 26 heavy (non-hydrogen) atoms. The Kier molecular flexibility index (Phi) is 20.6. The molecule has 0 heterocycles. The lowest BCUT2D eigenvalue weighted by Crippen LogP contribution is -2.28. The van der Waals surface area contributed by atoms with Crippen LogP contribution < -0.4 is 0 Å². The third-order valence-electron chi connectivity index (χ3n) is 5.42. The van der Waals surface area contributed by atoms with E-state index in [1.165, 1.54) is 103 Å². The van der Waals surface area contributed by atoms with Crippen LogP contribution in [0.4, 0.5) is 0 Å². The highest BCUT2D eigenvalue weighted by Gasteiger charge is 2.08. The first kappa shape index (κ1) is 25.6. The third-order valence-corrected chi connectivity index (χ3v) is 5.42. The van der Waals surface area contributed by atoms with Gasteiger partial charge in [0.25, 0.3) is 0 Å². The van der Waals surface area contributed by atoms with Crippen molar-refractivity contribution in [2.75, 3.05) is 19.6 Å². The van der Waals surface area contributed by atoms with Crippen molar-refractivity contribution in [2.24, 2.45) is 0 Å². The van der Waals surface area contributed by atoms with E-state index in [1.54, 1.807) is 0 Å². The summed E-state index contributed by atoms with van der Waals surface area (Å²) in [6, 6.07) is 0. The molecular formula is C24H49NO. The Bertz CT molecular complexity index is 282. The number of carbonyl (C=O) groups is 1. The summed E-state index contributed by atoms with van der Waals surface area (Å²) in [5.41, 5.74) is 0. The van der Waals surface area contributed by atoms with E-state index in [4.69, 9.17) is 0 Å². The fourth-order valence-electron chi connectivity index (χ4n) is 3.49. The van der Waals surface area contributed by atoms with Crippen LogP contribution in [0.15, 0.2) is 0 Å². The molecule has 0 unspecified atom stereocenters. The van der Waals surface area contributed by atoms with Crippen LogP contribution in [0.5, 0.6) is 0 Å². The van der Waals surface area contributed by atoms with Gasteiger partial charge in [-0.3, -0.25) is 4.79 Å². The van der Waals surface area contributed by atoms with Crippen LogP contribution in [-0.2, 0) is 4.79 Å². The van der Waals surface area contributed by atoms with E-state index in [2.05, 4.69) is 25.7 Å². The zero-order valence-electron chi connectivity index (χ0n) is 18.5. The predicted octanol–water partition coefficient (Wildman–Crippen LogP) is 7.55. The third kappa shape index (κ3) is 18.4. The Hall–Kier alpha value is -0.370. The molecule has 0 rings (SSSR count). The van der Waals surface area contributed by atoms with Crippen LogP contribution in [0.25, 0.3) is 0 Å². The number of unbranched alkanes of at least 4 members (excludes halogenated alkanes) is 12. The molecular weight excluding hydrogens is 318 g/mol. The van der Waals surface area contributed by atoms with Crippen molar-refractivity contribution in [1.29, 1.82) is 0 Å². The Morgan fingerprint density at radius 1 is 0.500 bits per heavy atom. The molecule has 0 aromatic rings. The van der Waals surface area contributed by atoms with Crippen molar-refractivity contribution < 1.29 is 4.79 Å². The zero-order chi connectivity index (χ0) is 19.3. The molecule has 0 aromatic carbocycles. The van der Waals surface area contributed by atoms with E-state index < -0.39 is 0 Å². The highest BCUT2D eigenvalue weighted by atomic mass is 16.1. The summed E-state index contributed by atoms with van der Waals surface area (Å²) in [5.74, 6) is 0.485. The van der Waals surface area contributed by atoms with E-state index in [-0.39, 0.29) is 0 Å². The predicted molar refractivity (Wildman–Crippen MR) is 117 cm³/mol. The van der Waals surface area contributed by atoms with Gasteiger partial charge in [-0.2, -0.15) is 0 Å². The summed E-state index contributed by atoms with van der Waals surface area (Å²) in [7, 11) is 0. The van der Waals surface area contributed by atoms with E-state index in [0.29, 0.717) is 5.78 Å². The normalized spacial score (nSPS) is 11.4. The molecule has 0 aliphatic rings. The smallest absolute Gasteiger partial charge is 0.134 e. The van der Waals surface area contributed by atoms with Gasteiger partial charge in [-0.05, 0) is 32.4 Å². The maximum absolute atomic E-state index is 12.1. The van der Waals surface area contributed by atoms with E-state index in [0.717, 1.165) is 25.8 Å². The molecule has 0 saturated heterocycles. The second kappa shape index (κ2) is 20.9. The zero-order valence-corrected chi connectivity index (χ0v) is 18.5. The fraction of sp³-hybridized carbons (Fsp3) is 0.958. The van der Waals surface area contributed by atoms with Crippen molar-refractivity contribution in [3.63, 3.8) is 0 Å². The van der Waals surface area contributed by atoms with Gasteiger partial charge >= 0.3 is 0 Å². The fourth-order valence-corrected chi connectivity index (χ4v) is 3.49. The van der Waals surface area contributed by atoms with Gasteiger partial charge in [-0.15, -0.1) is 0 Å². The molecule has 156 valence electrons. The van der Waals surface area contributed by atoms with Gasteiger partial charge in [0.05, 0.1) is 0 Å². The van der Waals surface area contributed by atoms with Gasteiger partial charge in [0.15, 0.2) is 0 Å². The number of hydrogen-bond donors (Lipinski definition) is 0. The largest absolute Gasteiger partial charge is 0.303 e. The van der Waals surface area contributed by atoms with Crippen LogP contribution in [0.3, 0.4) is 0 Å². The summed E-state index contributed by atoms with van der Waals surface area (Å²) in [6.07, 6.45) is 21.5. The van der Waals surface area contributed by atoms with Gasteiger partial charge in [0, 0.05) is 19.4 Å². The summed E-state index contributed by atoms with van der Waals surface area (Å²) in [4.78, 5) is 14.6. The van der Waals surface area contributed by atoms with Crippen LogP contribution in [0, 0.1) is 0 Å². The highest BCUT2D eigenvalue weighted by Crippen LogP contribution is 2.12. The lowest BCUT2D eigenvalue weighted by molar-refractivity contribution is -0.119. The Morgan fingerprint density at radius 2 is 0.923 bits per heavy atom. The summed E-state index contributed by atoms with van der Waals surface area (Å²) in [6.45, 7) is 10.1. The SMILES string of the molecule is CCCCCCCCCCCCCC(=O)CCN(CCCC)CCCC. The van der Waals surface area contributed by atoms with Crippen LogP contribution >= 0.6 is 0 Å². The molecule has 0 fully saturated rings. The topological polar surface area (TPSA) is 20.3 Å². The van der Waals surface area contributed by atoms with Crippen molar-refractivity contribution in [1.82, 2.24) is 4.90 Å². The molecule has 0 bridgehead atoms. The van der Waals surface area contributed by atoms with Gasteiger partial charge in [-0.25, -0.2) is 0 Å². The molecule has 0 spiro atoms. The molecule has 2 nitrogen and oxygen atoms in total. The average Bonchev–Trinajstić information content (AvgIpc) is 2.65. The van der Waals surface area contributed by atoms with E-state index in [9.17, 15) is 4.79 Å². The van der Waals surface area contributed by atoms with Crippen molar-refractivity contribution in [3.05, 3.63) is 0 Å². The lowest BCUT2D eigenvalue weighted by atomic mass is 10.0. The molecule has 0 saturated carbocycles. The first-order valence-electron chi connectivity index (χ1n) is 12.0. The molecule has 0 aliphatic heterocycles. The van der Waals surface area contributed by atoms with Gasteiger partial charge in [0.1, 0.15) is 5.78 Å². The molecule has 0 N–H and O–H groups in total. The summed E-state index contributed by atoms with van der Waals surface area (Å²) < 4.78 is 0. The maximum atomic E-state index is 12.1. The molecule has 0 amide bonds. The lowest BCUT2D eigenvalue weighted by Gasteiger charge is -2.21. The van der Waals surface area contributed by atoms with Crippen molar-refractivity contribution in [3.8, 4) is 0 Å². The van der Waals surface area contributed by atoms with Gasteiger partial charge < -0.3 is 4.90 Å². The Labute approximate surface area is 165 Å². The molecule has 0 atom stereocenters. The van der Waals surface area contributed by atoms with Gasteiger partial charge in [0.2, 0.25) is 0 Å². The number of hydrogen-bond acceptors (Lipinski definition) is 2. The number of ketones is 1. The minimum absolute atomic E-state index is 0.485. The average molecular weight is 368 g/mol. The maximum Gasteiger partial charge on any atom is 0.134 e. The van der Waals surface area contributed by atoms with Crippen molar-refractivity contribution >= 4 is 5.78 Å². The first-order chi connectivity index (χ1) is 12.7. The number of rotatable bonds is 21. The molecule has 0 aromatic heterocycles. The van der Waals surface area contributed by atoms with Crippen molar-refractivity contribution in [2.45, 2.75) is 130 Å². The monoisotopic (exact) mass is 367 g/mol. The molecule has 2 heteroatoms. The van der Waals surface area contributed by atoms with Crippen LogP contribution in [0.2, 0.25) is 0 Å². The van der Waals surface area contributed by atoms with Gasteiger partial charge in [-0.1, -0.05) is 97.8 Å². The standard InChI is InChI=1S/C24H49NO/c1-4-7-10-11-12-13-14-15-16-17-18-19-24(26)20-23-25(21-8-5-2)22-9-6-3/h4-23H2,1-3H3. The quantitative estimate of drug-likeness (QED) is 0.195. The minimum Gasteiger partial charge on any atom is -0.303 e. The van der Waals surface area contributed by atoms with Crippen LogP contribution in [-0.4, -0.2) is 30.3 Å². The van der Waals surface area contributed by atoms with Crippen LogP contribution in [0.1, 0.15) is 130 Å². The Balaban J connectivity index is 3.49. The molecule has 0 radical (unpaired) electrons. The minimum atomic E-state index is 0.485. The van der Waals surface area contributed by atoms with E-state index in [1.807, 2.05) is 0 Å². The number of nitrogens with zero attached hydrogens (tertiary/aromatic N) is 1. The molecule has 0 aliphatic carbocycles. The summed E-state index contributed by atoms with van der Waals surface area (Å²) in [5, 5.41) is 0. The van der Waals surface area contributed by atoms with E-state index >= 15 is 0 Å². The first-order valence-corrected chi connectivity index (χ1v) is 12.0. The second-order valence-corrected chi connectivity index (χ2v) is 8.12. The Morgan fingerprint density at radius 3 is 1.38 bits per heavy atom.